The van der Waals surface area contributed by atoms with Crippen molar-refractivity contribution in [1.82, 2.24) is 0 Å². The second-order valence-electron chi connectivity index (χ2n) is 2.76. The van der Waals surface area contributed by atoms with E-state index in [0.717, 1.165) is 0 Å². The van der Waals surface area contributed by atoms with Crippen LogP contribution in [0.1, 0.15) is 23.2 Å². The molecule has 0 aliphatic rings. The lowest BCUT2D eigenvalue weighted by Crippen LogP contribution is -1.98. The van der Waals surface area contributed by atoms with E-state index in [-0.39, 0.29) is 12.2 Å². The lowest BCUT2D eigenvalue weighted by Gasteiger charge is -1.99. The van der Waals surface area contributed by atoms with Gasteiger partial charge < -0.3 is 0 Å². The molecule has 0 spiro atoms. The number of terminal acetylenes is 1. The monoisotopic (exact) mass is 254 g/mol. The average Bonchev–Trinajstić information content (AvgIpc) is 2.18. The first-order valence-corrected chi connectivity index (χ1v) is 4.86. The minimum absolute atomic E-state index is 0.130. The summed E-state index contributed by atoms with van der Waals surface area (Å²) in [5, 5.41) is 0. The first-order chi connectivity index (χ1) is 6.65. The van der Waals surface area contributed by atoms with E-state index in [0.29, 0.717) is 16.5 Å². The quantitative estimate of drug-likeness (QED) is 0.598. The number of carbonyl (C=O) groups excluding carboxylic acids is 1. The van der Waals surface area contributed by atoms with Crippen LogP contribution in [0.2, 0.25) is 0 Å². The molecule has 72 valence electrons. The molecule has 1 aromatic carbocycles. The molecule has 0 N–H and O–H groups in total. The fraction of sp³-hybridized carbons (Fsp3) is 0.182. The smallest absolute Gasteiger partial charge is 0.163 e. The third kappa shape index (κ3) is 2.68. The first kappa shape index (κ1) is 10.9. The molecule has 0 unspecified atom stereocenters. The van der Waals surface area contributed by atoms with E-state index in [9.17, 15) is 9.18 Å². The highest BCUT2D eigenvalue weighted by Crippen LogP contribution is 2.17. The van der Waals surface area contributed by atoms with E-state index in [1.165, 1.54) is 12.1 Å². The molecule has 1 nitrogen and oxygen atoms in total. The largest absolute Gasteiger partial charge is 0.294 e. The van der Waals surface area contributed by atoms with Gasteiger partial charge in [-0.3, -0.25) is 4.79 Å². The number of ketones is 1. The number of rotatable bonds is 3. The highest BCUT2D eigenvalue weighted by Gasteiger charge is 2.07. The van der Waals surface area contributed by atoms with E-state index >= 15 is 0 Å². The Morgan fingerprint density at radius 1 is 1.57 bits per heavy atom. The van der Waals surface area contributed by atoms with Crippen LogP contribution in [0.4, 0.5) is 4.39 Å². The van der Waals surface area contributed by atoms with Gasteiger partial charge in [0.25, 0.3) is 0 Å². The van der Waals surface area contributed by atoms with Crippen molar-refractivity contribution in [3.8, 4) is 12.3 Å². The molecule has 0 aliphatic heterocycles. The van der Waals surface area contributed by atoms with E-state index in [4.69, 9.17) is 6.42 Å². The Bertz CT molecular complexity index is 393. The summed E-state index contributed by atoms with van der Waals surface area (Å²) in [5.41, 5.74) is 0.362. The second kappa shape index (κ2) is 4.92. The van der Waals surface area contributed by atoms with Gasteiger partial charge in [0.1, 0.15) is 5.82 Å². The molecular formula is C11H8BrFO. The molecule has 0 saturated carbocycles. The van der Waals surface area contributed by atoms with E-state index in [1.54, 1.807) is 6.07 Å². The SMILES string of the molecule is C#CCCC(=O)c1ccc(Br)c(F)c1. The number of benzene rings is 1. The zero-order valence-corrected chi connectivity index (χ0v) is 8.97. The lowest BCUT2D eigenvalue weighted by atomic mass is 10.1. The normalized spacial score (nSPS) is 9.50. The van der Waals surface area contributed by atoms with E-state index in [1.807, 2.05) is 0 Å². The van der Waals surface area contributed by atoms with Gasteiger partial charge in [-0.15, -0.1) is 12.3 Å². The summed E-state index contributed by atoms with van der Waals surface area (Å²) in [5.74, 6) is 1.81. The average molecular weight is 255 g/mol. The topological polar surface area (TPSA) is 17.1 Å². The van der Waals surface area contributed by atoms with Gasteiger partial charge in [-0.1, -0.05) is 6.07 Å². The molecule has 1 rings (SSSR count). The summed E-state index contributed by atoms with van der Waals surface area (Å²) in [6.07, 6.45) is 5.67. The van der Waals surface area contributed by atoms with Gasteiger partial charge in [0.2, 0.25) is 0 Å². The first-order valence-electron chi connectivity index (χ1n) is 4.07. The van der Waals surface area contributed by atoms with Crippen molar-refractivity contribution in [2.75, 3.05) is 0 Å². The molecule has 0 aliphatic carbocycles. The molecule has 0 amide bonds. The van der Waals surface area contributed by atoms with Crippen molar-refractivity contribution in [1.29, 1.82) is 0 Å². The van der Waals surface area contributed by atoms with Crippen LogP contribution in [0.15, 0.2) is 22.7 Å². The molecule has 0 atom stereocenters. The molecule has 0 fully saturated rings. The van der Waals surface area contributed by atoms with Crippen LogP contribution >= 0.6 is 15.9 Å². The van der Waals surface area contributed by atoms with Crippen molar-refractivity contribution in [2.24, 2.45) is 0 Å². The predicted molar refractivity (Wildman–Crippen MR) is 56.5 cm³/mol. The van der Waals surface area contributed by atoms with Crippen LogP contribution in [-0.4, -0.2) is 5.78 Å². The summed E-state index contributed by atoms with van der Waals surface area (Å²) in [6.45, 7) is 0. The maximum Gasteiger partial charge on any atom is 0.163 e. The minimum Gasteiger partial charge on any atom is -0.294 e. The van der Waals surface area contributed by atoms with Crippen LogP contribution in [0.3, 0.4) is 0 Å². The van der Waals surface area contributed by atoms with Gasteiger partial charge >= 0.3 is 0 Å². The van der Waals surface area contributed by atoms with Crippen molar-refractivity contribution < 1.29 is 9.18 Å². The number of halogens is 2. The molecule has 0 bridgehead atoms. The molecule has 0 aromatic heterocycles. The van der Waals surface area contributed by atoms with Crippen molar-refractivity contribution in [3.05, 3.63) is 34.1 Å². The van der Waals surface area contributed by atoms with Gasteiger partial charge in [-0.25, -0.2) is 4.39 Å². The fourth-order valence-electron chi connectivity index (χ4n) is 1.000. The van der Waals surface area contributed by atoms with Gasteiger partial charge in [-0.2, -0.15) is 0 Å². The summed E-state index contributed by atoms with van der Waals surface area (Å²) in [7, 11) is 0. The Hall–Kier alpha value is -1.14. The van der Waals surface area contributed by atoms with Gasteiger partial charge in [-0.05, 0) is 28.1 Å². The Kier molecular flexibility index (Phi) is 3.84. The Morgan fingerprint density at radius 3 is 2.86 bits per heavy atom. The van der Waals surface area contributed by atoms with Crippen LogP contribution < -0.4 is 0 Å². The zero-order valence-electron chi connectivity index (χ0n) is 7.39. The maximum absolute atomic E-state index is 13.0. The molecule has 3 heteroatoms. The van der Waals surface area contributed by atoms with Gasteiger partial charge in [0.15, 0.2) is 5.78 Å². The Labute approximate surface area is 90.4 Å². The van der Waals surface area contributed by atoms with Crippen LogP contribution in [0.25, 0.3) is 0 Å². The summed E-state index contributed by atoms with van der Waals surface area (Å²) >= 11 is 3.01. The number of hydrogen-bond acceptors (Lipinski definition) is 1. The predicted octanol–water partition coefficient (Wildman–Crippen LogP) is 3.18. The van der Waals surface area contributed by atoms with Crippen LogP contribution in [0, 0.1) is 18.2 Å². The molecule has 14 heavy (non-hydrogen) atoms. The third-order valence-electron chi connectivity index (χ3n) is 1.74. The summed E-state index contributed by atoms with van der Waals surface area (Å²) in [4.78, 5) is 11.4. The zero-order chi connectivity index (χ0) is 10.6. The molecule has 0 saturated heterocycles. The molecule has 1 aromatic rings. The van der Waals surface area contributed by atoms with E-state index in [2.05, 4.69) is 21.9 Å². The van der Waals surface area contributed by atoms with Crippen molar-refractivity contribution in [3.63, 3.8) is 0 Å². The molecule has 0 heterocycles. The van der Waals surface area contributed by atoms with Gasteiger partial charge in [0.05, 0.1) is 4.47 Å². The maximum atomic E-state index is 13.0. The van der Waals surface area contributed by atoms with E-state index < -0.39 is 5.82 Å². The van der Waals surface area contributed by atoms with Gasteiger partial charge in [0, 0.05) is 18.4 Å². The van der Waals surface area contributed by atoms with Crippen molar-refractivity contribution >= 4 is 21.7 Å². The number of carbonyl (C=O) groups is 1. The third-order valence-corrected chi connectivity index (χ3v) is 2.38. The highest BCUT2D eigenvalue weighted by atomic mass is 79.9. The summed E-state index contributed by atoms with van der Waals surface area (Å²) in [6, 6.07) is 4.30. The van der Waals surface area contributed by atoms with Crippen LogP contribution in [0.5, 0.6) is 0 Å². The molecule has 0 radical (unpaired) electrons. The Morgan fingerprint density at radius 2 is 2.29 bits per heavy atom. The minimum atomic E-state index is -0.434. The number of hydrogen-bond donors (Lipinski definition) is 0. The lowest BCUT2D eigenvalue weighted by molar-refractivity contribution is 0.0984. The standard InChI is InChI=1S/C11H8BrFO/c1-2-3-4-11(14)8-5-6-9(12)10(13)7-8/h1,5-7H,3-4H2. The Balaban J connectivity index is 2.82. The highest BCUT2D eigenvalue weighted by molar-refractivity contribution is 9.10. The second-order valence-corrected chi connectivity index (χ2v) is 3.61. The van der Waals surface area contributed by atoms with Crippen molar-refractivity contribution in [2.45, 2.75) is 12.8 Å². The number of Topliss-reactive ketones (excluding diaryl/α,β-unsaturated/α-hetero) is 1. The van der Waals surface area contributed by atoms with Crippen LogP contribution in [-0.2, 0) is 0 Å². The fourth-order valence-corrected chi connectivity index (χ4v) is 1.25. The summed E-state index contributed by atoms with van der Waals surface area (Å²) < 4.78 is 13.4. The molecular weight excluding hydrogens is 247 g/mol.